The van der Waals surface area contributed by atoms with Crippen molar-refractivity contribution in [1.29, 1.82) is 0 Å². The Morgan fingerprint density at radius 2 is 2.14 bits per heavy atom. The molecule has 1 atom stereocenters. The monoisotopic (exact) mass is 309 g/mol. The Morgan fingerprint density at radius 1 is 1.38 bits per heavy atom. The molecule has 4 nitrogen and oxygen atoms in total. The number of anilines is 1. The number of hydrogen-bond acceptors (Lipinski definition) is 4. The minimum absolute atomic E-state index is 0.00637. The van der Waals surface area contributed by atoms with Gasteiger partial charge in [0.05, 0.1) is 22.3 Å². The minimum Gasteiger partial charge on any atom is -0.459 e. The number of nitrogens with two attached hydrogens (primary N) is 1. The maximum atomic E-state index is 12.1. The van der Waals surface area contributed by atoms with E-state index in [9.17, 15) is 4.79 Å². The van der Waals surface area contributed by atoms with Crippen LogP contribution in [0.5, 0.6) is 0 Å². The van der Waals surface area contributed by atoms with Crippen LogP contribution in [-0.4, -0.2) is 24.3 Å². The molecule has 1 aromatic rings. The average molecular weight is 310 g/mol. The molecule has 1 unspecified atom stereocenters. The fraction of sp³-hybridized carbons (Fsp3) is 0.562. The summed E-state index contributed by atoms with van der Waals surface area (Å²) >= 11 is 6.00. The number of hydrogen-bond donors (Lipinski definition) is 1. The summed E-state index contributed by atoms with van der Waals surface area (Å²) in [5.74, 6) is -0.441. The largest absolute Gasteiger partial charge is 0.459 e. The second kappa shape index (κ2) is 5.85. The molecule has 2 aliphatic rings. The predicted molar refractivity (Wildman–Crippen MR) is 81.5 cm³/mol. The maximum Gasteiger partial charge on any atom is 0.339 e. The van der Waals surface area contributed by atoms with Gasteiger partial charge in [-0.1, -0.05) is 24.4 Å². The van der Waals surface area contributed by atoms with Crippen molar-refractivity contribution >= 4 is 23.3 Å². The summed E-state index contributed by atoms with van der Waals surface area (Å²) in [6, 6.07) is 4.80. The van der Waals surface area contributed by atoms with Crippen molar-refractivity contribution in [3.8, 4) is 0 Å². The van der Waals surface area contributed by atoms with Crippen LogP contribution in [-0.2, 0) is 9.47 Å². The molecule has 1 aliphatic carbocycles. The summed E-state index contributed by atoms with van der Waals surface area (Å²) in [6.45, 7) is 0.283. The summed E-state index contributed by atoms with van der Waals surface area (Å²) < 4.78 is 11.5. The molecule has 3 rings (SSSR count). The molecule has 1 aromatic carbocycles. The number of esters is 1. The normalized spacial score (nSPS) is 23.6. The molecule has 21 heavy (non-hydrogen) atoms. The standard InChI is InChI=1S/C16H20ClNO3/c17-14-4-3-11(18)9-13(14)15(19)20-10-12-5-8-16(21-12)6-1-2-7-16/h3-4,9,12H,1-2,5-8,10,18H2. The fourth-order valence-electron chi connectivity index (χ4n) is 3.35. The Hall–Kier alpha value is -1.26. The van der Waals surface area contributed by atoms with Crippen LogP contribution in [0.1, 0.15) is 48.9 Å². The highest BCUT2D eigenvalue weighted by molar-refractivity contribution is 6.33. The number of halogens is 1. The van der Waals surface area contributed by atoms with Gasteiger partial charge in [-0.05, 0) is 43.9 Å². The third-order valence-electron chi connectivity index (χ3n) is 4.46. The fourth-order valence-corrected chi connectivity index (χ4v) is 3.54. The van der Waals surface area contributed by atoms with Gasteiger partial charge in [-0.3, -0.25) is 0 Å². The lowest BCUT2D eigenvalue weighted by Gasteiger charge is -2.23. The molecule has 2 fully saturated rings. The van der Waals surface area contributed by atoms with Crippen molar-refractivity contribution in [3.63, 3.8) is 0 Å². The summed E-state index contributed by atoms with van der Waals surface area (Å²) in [5, 5.41) is 0.355. The number of carbonyl (C=O) groups excluding carboxylic acids is 1. The van der Waals surface area contributed by atoms with Crippen LogP contribution in [0.4, 0.5) is 5.69 Å². The van der Waals surface area contributed by atoms with E-state index in [-0.39, 0.29) is 18.3 Å². The van der Waals surface area contributed by atoms with E-state index in [1.165, 1.54) is 12.8 Å². The number of benzene rings is 1. The molecule has 1 saturated carbocycles. The van der Waals surface area contributed by atoms with Crippen LogP contribution in [0.2, 0.25) is 5.02 Å². The molecule has 114 valence electrons. The molecule has 1 heterocycles. The van der Waals surface area contributed by atoms with E-state index in [1.807, 2.05) is 0 Å². The third-order valence-corrected chi connectivity index (χ3v) is 4.79. The van der Waals surface area contributed by atoms with Gasteiger partial charge in [-0.2, -0.15) is 0 Å². The van der Waals surface area contributed by atoms with Crippen molar-refractivity contribution < 1.29 is 14.3 Å². The van der Waals surface area contributed by atoms with Crippen molar-refractivity contribution in [3.05, 3.63) is 28.8 Å². The smallest absolute Gasteiger partial charge is 0.339 e. The average Bonchev–Trinajstić information content (AvgIpc) is 3.09. The number of rotatable bonds is 3. The highest BCUT2D eigenvalue weighted by atomic mass is 35.5. The van der Waals surface area contributed by atoms with Crippen LogP contribution < -0.4 is 5.73 Å². The Morgan fingerprint density at radius 3 is 2.90 bits per heavy atom. The van der Waals surface area contributed by atoms with Gasteiger partial charge >= 0.3 is 5.97 Å². The topological polar surface area (TPSA) is 61.6 Å². The second-order valence-electron chi connectivity index (χ2n) is 6.01. The Balaban J connectivity index is 1.56. The first-order valence-corrected chi connectivity index (χ1v) is 7.86. The van der Waals surface area contributed by atoms with E-state index < -0.39 is 5.97 Å². The van der Waals surface area contributed by atoms with Gasteiger partial charge in [-0.15, -0.1) is 0 Å². The number of carbonyl (C=O) groups is 1. The van der Waals surface area contributed by atoms with E-state index in [0.717, 1.165) is 25.7 Å². The third kappa shape index (κ3) is 3.16. The Labute approximate surface area is 129 Å². The van der Waals surface area contributed by atoms with Gasteiger partial charge in [0.15, 0.2) is 0 Å². The van der Waals surface area contributed by atoms with E-state index in [4.69, 9.17) is 26.8 Å². The molecule has 0 amide bonds. The molecule has 0 aromatic heterocycles. The molecule has 0 radical (unpaired) electrons. The zero-order chi connectivity index (χ0) is 14.9. The maximum absolute atomic E-state index is 12.1. The summed E-state index contributed by atoms with van der Waals surface area (Å²) in [7, 11) is 0. The van der Waals surface area contributed by atoms with E-state index in [2.05, 4.69) is 0 Å². The van der Waals surface area contributed by atoms with Gasteiger partial charge in [-0.25, -0.2) is 4.79 Å². The van der Waals surface area contributed by atoms with Crippen LogP contribution in [0, 0.1) is 0 Å². The van der Waals surface area contributed by atoms with Crippen LogP contribution >= 0.6 is 11.6 Å². The summed E-state index contributed by atoms with van der Waals surface area (Å²) in [5.41, 5.74) is 6.54. The van der Waals surface area contributed by atoms with Gasteiger partial charge in [0, 0.05) is 5.69 Å². The minimum atomic E-state index is -0.441. The van der Waals surface area contributed by atoms with E-state index in [1.54, 1.807) is 18.2 Å². The van der Waals surface area contributed by atoms with Crippen molar-refractivity contribution in [2.24, 2.45) is 0 Å². The molecule has 2 N–H and O–H groups in total. The molecular weight excluding hydrogens is 290 g/mol. The molecule has 0 bridgehead atoms. The van der Waals surface area contributed by atoms with E-state index >= 15 is 0 Å². The zero-order valence-electron chi connectivity index (χ0n) is 11.9. The lowest BCUT2D eigenvalue weighted by Crippen LogP contribution is -2.27. The lowest BCUT2D eigenvalue weighted by molar-refractivity contribution is -0.0598. The molecule has 5 heteroatoms. The zero-order valence-corrected chi connectivity index (χ0v) is 12.7. The van der Waals surface area contributed by atoms with Crippen molar-refractivity contribution in [2.75, 3.05) is 12.3 Å². The molecule has 1 spiro atoms. The first-order valence-electron chi connectivity index (χ1n) is 7.48. The Bertz CT molecular complexity index is 540. The van der Waals surface area contributed by atoms with Crippen molar-refractivity contribution in [2.45, 2.75) is 50.2 Å². The van der Waals surface area contributed by atoms with Gasteiger partial charge in [0.25, 0.3) is 0 Å². The van der Waals surface area contributed by atoms with E-state index in [0.29, 0.717) is 16.3 Å². The molecular formula is C16H20ClNO3. The highest BCUT2D eigenvalue weighted by Gasteiger charge is 2.42. The quantitative estimate of drug-likeness (QED) is 0.685. The first kappa shape index (κ1) is 14.7. The SMILES string of the molecule is Nc1ccc(Cl)c(C(=O)OCC2CCC3(CCCC3)O2)c1. The number of ether oxygens (including phenoxy) is 2. The molecule has 1 saturated heterocycles. The second-order valence-corrected chi connectivity index (χ2v) is 6.41. The lowest BCUT2D eigenvalue weighted by atomic mass is 9.98. The van der Waals surface area contributed by atoms with Gasteiger partial charge < -0.3 is 15.2 Å². The van der Waals surface area contributed by atoms with Crippen LogP contribution in [0.15, 0.2) is 18.2 Å². The first-order chi connectivity index (χ1) is 10.1. The predicted octanol–water partition coefficient (Wildman–Crippen LogP) is 3.57. The van der Waals surface area contributed by atoms with Gasteiger partial charge in [0.1, 0.15) is 6.61 Å². The highest BCUT2D eigenvalue weighted by Crippen LogP contribution is 2.43. The number of nitrogen functional groups attached to an aromatic ring is 1. The summed E-state index contributed by atoms with van der Waals surface area (Å²) in [6.07, 6.45) is 6.80. The van der Waals surface area contributed by atoms with Gasteiger partial charge in [0.2, 0.25) is 0 Å². The van der Waals surface area contributed by atoms with Crippen LogP contribution in [0.25, 0.3) is 0 Å². The molecule has 1 aliphatic heterocycles. The Kier molecular flexibility index (Phi) is 4.09. The van der Waals surface area contributed by atoms with Crippen molar-refractivity contribution in [1.82, 2.24) is 0 Å². The van der Waals surface area contributed by atoms with Crippen LogP contribution in [0.3, 0.4) is 0 Å². The summed E-state index contributed by atoms with van der Waals surface area (Å²) in [4.78, 5) is 12.1.